The van der Waals surface area contributed by atoms with Crippen molar-refractivity contribution in [1.82, 2.24) is 14.8 Å². The number of allylic oxidation sites excluding steroid dienone is 2. The number of fused-ring (bicyclic) bond motifs is 1. The van der Waals surface area contributed by atoms with Gasteiger partial charge in [0.1, 0.15) is 24.2 Å². The maximum atomic E-state index is 13.4. The van der Waals surface area contributed by atoms with Gasteiger partial charge in [0.2, 0.25) is 5.95 Å². The van der Waals surface area contributed by atoms with Gasteiger partial charge in [-0.05, 0) is 60.4 Å². The predicted molar refractivity (Wildman–Crippen MR) is 130 cm³/mol. The van der Waals surface area contributed by atoms with Crippen molar-refractivity contribution in [3.05, 3.63) is 107 Å². The first-order valence-corrected chi connectivity index (χ1v) is 11.7. The first-order valence-electron chi connectivity index (χ1n) is 11.7. The highest BCUT2D eigenvalue weighted by Gasteiger charge is 2.36. The summed E-state index contributed by atoms with van der Waals surface area (Å²) in [6, 6.07) is 23.5. The molecule has 1 aliphatic heterocycles. The van der Waals surface area contributed by atoms with Gasteiger partial charge in [-0.15, -0.1) is 5.10 Å². The van der Waals surface area contributed by atoms with Crippen LogP contribution in [0.5, 0.6) is 5.75 Å². The second kappa shape index (κ2) is 8.83. The molecule has 7 heteroatoms. The number of ether oxygens (including phenoxy) is 1. The third-order valence-electron chi connectivity index (χ3n) is 6.41. The molecule has 1 aromatic heterocycles. The summed E-state index contributed by atoms with van der Waals surface area (Å²) < 4.78 is 21.1. The third-order valence-corrected chi connectivity index (χ3v) is 6.41. The van der Waals surface area contributed by atoms with E-state index in [1.165, 1.54) is 12.1 Å². The van der Waals surface area contributed by atoms with E-state index in [-0.39, 0.29) is 17.6 Å². The van der Waals surface area contributed by atoms with E-state index >= 15 is 0 Å². The van der Waals surface area contributed by atoms with Gasteiger partial charge in [-0.2, -0.15) is 4.98 Å². The van der Waals surface area contributed by atoms with Gasteiger partial charge in [0.05, 0.1) is 0 Å². The Morgan fingerprint density at radius 1 is 0.971 bits per heavy atom. The molecule has 3 aromatic carbocycles. The number of hydrogen-bond donors (Lipinski definition) is 1. The Kier molecular flexibility index (Phi) is 5.37. The molecular formula is C28H23FN4O2. The van der Waals surface area contributed by atoms with Crippen LogP contribution in [-0.4, -0.2) is 20.5 Å². The SMILES string of the molecule is O=C1CCCC2=C1C(c1ccc(OCc3ccccc3)cc1)n1nc(-c3ccc(F)cc3)nc1N2. The number of nitrogens with zero attached hydrogens (tertiary/aromatic N) is 3. The maximum absolute atomic E-state index is 13.4. The molecule has 0 spiro atoms. The highest BCUT2D eigenvalue weighted by Crippen LogP contribution is 2.41. The molecule has 0 saturated heterocycles. The van der Waals surface area contributed by atoms with Crippen molar-refractivity contribution in [3.63, 3.8) is 0 Å². The number of carbonyl (C=O) groups is 1. The van der Waals surface area contributed by atoms with Gasteiger partial charge >= 0.3 is 0 Å². The first-order chi connectivity index (χ1) is 17.2. The minimum atomic E-state index is -0.390. The standard InChI is InChI=1S/C28H23FN4O2/c29-21-13-9-20(10-14-21)27-31-28-30-23-7-4-8-24(34)25(23)26(33(28)32-27)19-11-15-22(16-12-19)35-17-18-5-2-1-3-6-18/h1-3,5-6,9-16,26H,4,7-8,17H2,(H,30,31,32). The van der Waals surface area contributed by atoms with Gasteiger partial charge in [0.15, 0.2) is 11.6 Å². The topological polar surface area (TPSA) is 69.0 Å². The number of halogens is 1. The zero-order chi connectivity index (χ0) is 23.8. The molecular weight excluding hydrogens is 443 g/mol. The fourth-order valence-electron chi connectivity index (χ4n) is 4.67. The zero-order valence-electron chi connectivity index (χ0n) is 18.9. The van der Waals surface area contributed by atoms with E-state index < -0.39 is 0 Å². The molecule has 0 fully saturated rings. The number of Topliss-reactive ketones (excluding diaryl/α,β-unsaturated/α-hetero) is 1. The average Bonchev–Trinajstić information content (AvgIpc) is 3.31. The molecule has 0 radical (unpaired) electrons. The highest BCUT2D eigenvalue weighted by molar-refractivity contribution is 5.99. The summed E-state index contributed by atoms with van der Waals surface area (Å²) in [5, 5.41) is 8.07. The maximum Gasteiger partial charge on any atom is 0.226 e. The lowest BCUT2D eigenvalue weighted by Crippen LogP contribution is -2.31. The number of hydrogen-bond acceptors (Lipinski definition) is 5. The lowest BCUT2D eigenvalue weighted by molar-refractivity contribution is -0.116. The van der Waals surface area contributed by atoms with Crippen LogP contribution in [0.3, 0.4) is 0 Å². The monoisotopic (exact) mass is 466 g/mol. The summed E-state index contributed by atoms with van der Waals surface area (Å²) in [4.78, 5) is 17.7. The van der Waals surface area contributed by atoms with Gasteiger partial charge in [-0.1, -0.05) is 42.5 Å². The quantitative estimate of drug-likeness (QED) is 0.410. The summed E-state index contributed by atoms with van der Waals surface area (Å²) in [6.45, 7) is 0.482. The van der Waals surface area contributed by atoms with Gasteiger partial charge in [0, 0.05) is 23.3 Å². The number of anilines is 1. The predicted octanol–water partition coefficient (Wildman–Crippen LogP) is 5.69. The summed E-state index contributed by atoms with van der Waals surface area (Å²) in [5.41, 5.74) is 4.37. The summed E-state index contributed by atoms with van der Waals surface area (Å²) >= 11 is 0. The normalized spacial score (nSPS) is 16.9. The van der Waals surface area contributed by atoms with E-state index in [9.17, 15) is 9.18 Å². The molecule has 174 valence electrons. The highest BCUT2D eigenvalue weighted by atomic mass is 19.1. The molecule has 1 aliphatic carbocycles. The van der Waals surface area contributed by atoms with Crippen molar-refractivity contribution < 1.29 is 13.9 Å². The van der Waals surface area contributed by atoms with Crippen LogP contribution in [0.25, 0.3) is 11.4 Å². The van der Waals surface area contributed by atoms with E-state index in [2.05, 4.69) is 10.3 Å². The number of benzene rings is 3. The number of aromatic nitrogens is 3. The Labute approximate surface area is 202 Å². The number of ketones is 1. The van der Waals surface area contributed by atoms with Crippen LogP contribution in [-0.2, 0) is 11.4 Å². The smallest absolute Gasteiger partial charge is 0.226 e. The molecule has 0 saturated carbocycles. The molecule has 1 N–H and O–H groups in total. The zero-order valence-corrected chi connectivity index (χ0v) is 18.9. The third kappa shape index (κ3) is 4.10. The summed E-state index contributed by atoms with van der Waals surface area (Å²) in [7, 11) is 0. The molecule has 1 unspecified atom stereocenters. The molecule has 6 nitrogen and oxygen atoms in total. The van der Waals surface area contributed by atoms with Crippen molar-refractivity contribution >= 4 is 11.7 Å². The summed E-state index contributed by atoms with van der Waals surface area (Å²) in [5.74, 6) is 1.62. The van der Waals surface area contributed by atoms with Crippen molar-refractivity contribution in [3.8, 4) is 17.1 Å². The van der Waals surface area contributed by atoms with Crippen LogP contribution in [0.2, 0.25) is 0 Å². The van der Waals surface area contributed by atoms with Gasteiger partial charge in [-0.25, -0.2) is 9.07 Å². The Bertz CT molecular complexity index is 1410. The number of nitrogens with one attached hydrogen (secondary N) is 1. The van der Waals surface area contributed by atoms with Crippen LogP contribution in [0, 0.1) is 5.82 Å². The second-order valence-electron chi connectivity index (χ2n) is 8.75. The number of carbonyl (C=O) groups excluding carboxylic acids is 1. The number of rotatable bonds is 5. The molecule has 35 heavy (non-hydrogen) atoms. The van der Waals surface area contributed by atoms with Crippen molar-refractivity contribution in [2.75, 3.05) is 5.32 Å². The van der Waals surface area contributed by atoms with Crippen LogP contribution < -0.4 is 10.1 Å². The van der Waals surface area contributed by atoms with Crippen LogP contribution >= 0.6 is 0 Å². The molecule has 0 bridgehead atoms. The Balaban J connectivity index is 1.35. The van der Waals surface area contributed by atoms with E-state index in [1.54, 1.807) is 16.8 Å². The lowest BCUT2D eigenvalue weighted by atomic mass is 9.85. The molecule has 0 amide bonds. The lowest BCUT2D eigenvalue weighted by Gasteiger charge is -2.32. The van der Waals surface area contributed by atoms with E-state index in [0.29, 0.717) is 30.4 Å². The van der Waals surface area contributed by atoms with Gasteiger partial charge in [-0.3, -0.25) is 4.79 Å². The fourth-order valence-corrected chi connectivity index (χ4v) is 4.67. The minimum Gasteiger partial charge on any atom is -0.489 e. The molecule has 2 heterocycles. The van der Waals surface area contributed by atoms with E-state index in [0.717, 1.165) is 41.0 Å². The van der Waals surface area contributed by atoms with Crippen LogP contribution in [0.4, 0.5) is 10.3 Å². The molecule has 6 rings (SSSR count). The molecule has 1 atom stereocenters. The fraction of sp³-hybridized carbons (Fsp3) is 0.179. The second-order valence-corrected chi connectivity index (χ2v) is 8.75. The van der Waals surface area contributed by atoms with Crippen molar-refractivity contribution in [2.24, 2.45) is 0 Å². The van der Waals surface area contributed by atoms with E-state index in [4.69, 9.17) is 9.84 Å². The Morgan fingerprint density at radius 3 is 2.51 bits per heavy atom. The van der Waals surface area contributed by atoms with Crippen LogP contribution in [0.1, 0.15) is 36.4 Å². The van der Waals surface area contributed by atoms with E-state index in [1.807, 2.05) is 54.6 Å². The first kappa shape index (κ1) is 21.3. The Hall–Kier alpha value is -4.26. The minimum absolute atomic E-state index is 0.123. The average molecular weight is 467 g/mol. The van der Waals surface area contributed by atoms with Crippen molar-refractivity contribution in [2.45, 2.75) is 31.9 Å². The summed E-state index contributed by atoms with van der Waals surface area (Å²) in [6.07, 6.45) is 2.11. The van der Waals surface area contributed by atoms with Crippen molar-refractivity contribution in [1.29, 1.82) is 0 Å². The van der Waals surface area contributed by atoms with Gasteiger partial charge < -0.3 is 10.1 Å². The Morgan fingerprint density at radius 2 is 1.74 bits per heavy atom. The van der Waals surface area contributed by atoms with Crippen LogP contribution in [0.15, 0.2) is 90.1 Å². The largest absolute Gasteiger partial charge is 0.489 e. The van der Waals surface area contributed by atoms with Gasteiger partial charge in [0.25, 0.3) is 0 Å². The molecule has 4 aromatic rings. The molecule has 2 aliphatic rings.